The molecule has 5 aromatic carbocycles. The van der Waals surface area contributed by atoms with Gasteiger partial charge in [0.2, 0.25) is 5.91 Å². The first kappa shape index (κ1) is 25.1. The van der Waals surface area contributed by atoms with Gasteiger partial charge in [-0.15, -0.1) is 0 Å². The summed E-state index contributed by atoms with van der Waals surface area (Å²) in [6.07, 6.45) is 0. The Bertz CT molecular complexity index is 1860. The van der Waals surface area contributed by atoms with Crippen LogP contribution in [0.25, 0.3) is 54.8 Å². The number of carbonyl (C=O) groups is 1. The van der Waals surface area contributed by atoms with E-state index in [0.717, 1.165) is 65.0 Å². The van der Waals surface area contributed by atoms with E-state index < -0.39 is 0 Å². The van der Waals surface area contributed by atoms with Gasteiger partial charge < -0.3 is 5.32 Å². The highest BCUT2D eigenvalue weighted by Crippen LogP contribution is 2.41. The van der Waals surface area contributed by atoms with Crippen LogP contribution in [0, 0.1) is 11.3 Å². The molecule has 1 heterocycles. The molecule has 6 aromatic rings. The molecule has 0 aliphatic carbocycles. The molecule has 184 valence electrons. The van der Waals surface area contributed by atoms with Gasteiger partial charge in [-0.25, -0.2) is 4.98 Å². The van der Waals surface area contributed by atoms with Crippen LogP contribution in [0.5, 0.6) is 0 Å². The van der Waals surface area contributed by atoms with Crippen LogP contribution < -0.4 is 5.32 Å². The summed E-state index contributed by atoms with van der Waals surface area (Å²) < 4.78 is 1.04. The van der Waals surface area contributed by atoms with Gasteiger partial charge in [-0.05, 0) is 40.1 Å². The van der Waals surface area contributed by atoms with E-state index in [-0.39, 0.29) is 5.91 Å². The fourth-order valence-corrected chi connectivity index (χ4v) is 5.40. The van der Waals surface area contributed by atoms with Gasteiger partial charge in [0.25, 0.3) is 0 Å². The van der Waals surface area contributed by atoms with Crippen molar-refractivity contribution < 1.29 is 4.79 Å². The summed E-state index contributed by atoms with van der Waals surface area (Å²) in [5, 5.41) is 15.7. The van der Waals surface area contributed by atoms with E-state index in [2.05, 4.69) is 88.0 Å². The first-order chi connectivity index (χ1) is 18.5. The van der Waals surface area contributed by atoms with Crippen molar-refractivity contribution in [3.05, 3.63) is 108 Å². The Kier molecular flexibility index (Phi) is 7.17. The third-order valence-corrected chi connectivity index (χ3v) is 7.02. The van der Waals surface area contributed by atoms with Crippen molar-refractivity contribution in [1.82, 2.24) is 4.98 Å². The third-order valence-electron chi connectivity index (χ3n) is 6.36. The first-order valence-corrected chi connectivity index (χ1v) is 13.0. The number of nitriles is 1. The van der Waals surface area contributed by atoms with Crippen molar-refractivity contribution in [3.63, 3.8) is 0 Å². The second-order valence-corrected chi connectivity index (χ2v) is 9.69. The van der Waals surface area contributed by atoms with E-state index >= 15 is 0 Å². The Labute approximate surface area is 229 Å². The van der Waals surface area contributed by atoms with Crippen molar-refractivity contribution in [2.45, 2.75) is 13.8 Å². The van der Waals surface area contributed by atoms with E-state index in [1.165, 1.54) is 13.8 Å². The van der Waals surface area contributed by atoms with Crippen molar-refractivity contribution in [2.24, 2.45) is 0 Å². The molecule has 38 heavy (non-hydrogen) atoms. The summed E-state index contributed by atoms with van der Waals surface area (Å²) in [6, 6.07) is 37.0. The average Bonchev–Trinajstić information content (AvgIpc) is 2.94. The monoisotopic (exact) mass is 557 g/mol. The largest absolute Gasteiger partial charge is 0.326 e. The standard InChI is InChI=1S/C31H21BrN2O.C2H3N/c1-19(35)33-29-16-15-22(21-11-5-7-13-24(21)29)26-18-30(20-9-3-2-4-10-20)34-31-25-14-8-6-12-23(25)28(32)17-27(26)31;1-2-3/h2-18H,1H3,(H,33,35);1H3. The zero-order valence-electron chi connectivity index (χ0n) is 21.0. The van der Waals surface area contributed by atoms with Crippen molar-refractivity contribution in [3.8, 4) is 28.5 Å². The van der Waals surface area contributed by atoms with Crippen LogP contribution in [-0.2, 0) is 4.79 Å². The molecule has 0 saturated heterocycles. The molecule has 0 bridgehead atoms. The Morgan fingerprint density at radius 3 is 2.05 bits per heavy atom. The molecule has 1 aromatic heterocycles. The number of carbonyl (C=O) groups excluding carboxylic acids is 1. The maximum absolute atomic E-state index is 11.8. The number of amides is 1. The molecule has 0 aliphatic rings. The minimum Gasteiger partial charge on any atom is -0.326 e. The number of nitrogens with zero attached hydrogens (tertiary/aromatic N) is 2. The van der Waals surface area contributed by atoms with Crippen LogP contribution in [0.15, 0.2) is 108 Å². The zero-order chi connectivity index (χ0) is 26.6. The summed E-state index contributed by atoms with van der Waals surface area (Å²) in [5.41, 5.74) is 5.98. The first-order valence-electron chi connectivity index (χ1n) is 12.2. The summed E-state index contributed by atoms with van der Waals surface area (Å²) in [6.45, 7) is 2.97. The molecule has 0 saturated carbocycles. The Morgan fingerprint density at radius 2 is 1.37 bits per heavy atom. The Balaban J connectivity index is 0.000000937. The number of anilines is 1. The maximum Gasteiger partial charge on any atom is 0.221 e. The van der Waals surface area contributed by atoms with Gasteiger partial charge in [-0.1, -0.05) is 101 Å². The summed E-state index contributed by atoms with van der Waals surface area (Å²) in [5.74, 6) is -0.0842. The van der Waals surface area contributed by atoms with Crippen LogP contribution in [0.4, 0.5) is 5.69 Å². The minimum absolute atomic E-state index is 0.0842. The van der Waals surface area contributed by atoms with Gasteiger partial charge in [0.05, 0.1) is 17.3 Å². The lowest BCUT2D eigenvalue weighted by Crippen LogP contribution is -2.06. The molecule has 4 nitrogen and oxygen atoms in total. The third kappa shape index (κ3) is 4.74. The van der Waals surface area contributed by atoms with Gasteiger partial charge in [-0.3, -0.25) is 4.79 Å². The molecule has 1 amide bonds. The highest BCUT2D eigenvalue weighted by atomic mass is 79.9. The van der Waals surface area contributed by atoms with Crippen LogP contribution in [0.1, 0.15) is 13.8 Å². The minimum atomic E-state index is -0.0842. The lowest BCUT2D eigenvalue weighted by molar-refractivity contribution is -0.114. The molecule has 6 rings (SSSR count). The molecular weight excluding hydrogens is 534 g/mol. The Hall–Kier alpha value is -4.53. The molecule has 5 heteroatoms. The summed E-state index contributed by atoms with van der Waals surface area (Å²) in [4.78, 5) is 17.0. The van der Waals surface area contributed by atoms with E-state index in [4.69, 9.17) is 10.2 Å². The SMILES string of the molecule is CC#N.CC(=O)Nc1ccc(-c2cc(-c3ccccc3)nc3c2cc(Br)c2ccccc23)c2ccccc12. The molecular formula is C33H24BrN3O. The number of halogens is 1. The second-order valence-electron chi connectivity index (χ2n) is 8.83. The van der Waals surface area contributed by atoms with Gasteiger partial charge in [0.15, 0.2) is 0 Å². The summed E-state index contributed by atoms with van der Waals surface area (Å²) in [7, 11) is 0. The lowest BCUT2D eigenvalue weighted by Gasteiger charge is -2.16. The zero-order valence-corrected chi connectivity index (χ0v) is 22.6. The van der Waals surface area contributed by atoms with Crippen LogP contribution in [0.3, 0.4) is 0 Å². The fraction of sp³-hybridized carbons (Fsp3) is 0.0606. The van der Waals surface area contributed by atoms with Crippen LogP contribution >= 0.6 is 15.9 Å². The highest BCUT2D eigenvalue weighted by Gasteiger charge is 2.16. The molecule has 0 aliphatic heterocycles. The number of nitrogens with one attached hydrogen (secondary N) is 1. The fourth-order valence-electron chi connectivity index (χ4n) is 4.82. The van der Waals surface area contributed by atoms with E-state index in [9.17, 15) is 4.79 Å². The smallest absolute Gasteiger partial charge is 0.221 e. The molecule has 0 radical (unpaired) electrons. The molecule has 0 spiro atoms. The molecule has 1 N–H and O–H groups in total. The molecule has 0 fully saturated rings. The van der Waals surface area contributed by atoms with E-state index in [0.29, 0.717) is 0 Å². The quantitative estimate of drug-likeness (QED) is 0.220. The van der Waals surface area contributed by atoms with Crippen LogP contribution in [0.2, 0.25) is 0 Å². The highest BCUT2D eigenvalue weighted by molar-refractivity contribution is 9.10. The second kappa shape index (κ2) is 10.8. The number of pyridine rings is 1. The van der Waals surface area contributed by atoms with Gasteiger partial charge in [0, 0.05) is 45.7 Å². The predicted octanol–water partition coefficient (Wildman–Crippen LogP) is 9.13. The van der Waals surface area contributed by atoms with E-state index in [1.807, 2.05) is 36.4 Å². The topological polar surface area (TPSA) is 65.8 Å². The van der Waals surface area contributed by atoms with E-state index in [1.54, 1.807) is 6.07 Å². The van der Waals surface area contributed by atoms with Crippen molar-refractivity contribution in [2.75, 3.05) is 5.32 Å². The number of hydrogen-bond acceptors (Lipinski definition) is 3. The van der Waals surface area contributed by atoms with Crippen LogP contribution in [-0.4, -0.2) is 10.9 Å². The van der Waals surface area contributed by atoms with Gasteiger partial charge in [-0.2, -0.15) is 5.26 Å². The lowest BCUT2D eigenvalue weighted by atomic mass is 9.92. The molecule has 0 atom stereocenters. The van der Waals surface area contributed by atoms with Gasteiger partial charge in [0.1, 0.15) is 0 Å². The maximum atomic E-state index is 11.8. The summed E-state index contributed by atoms with van der Waals surface area (Å²) >= 11 is 3.80. The number of benzene rings is 5. The Morgan fingerprint density at radius 1 is 0.763 bits per heavy atom. The number of hydrogen-bond donors (Lipinski definition) is 1. The molecule has 0 unspecified atom stereocenters. The van der Waals surface area contributed by atoms with Gasteiger partial charge >= 0.3 is 0 Å². The van der Waals surface area contributed by atoms with Crippen molar-refractivity contribution in [1.29, 1.82) is 5.26 Å². The number of fused-ring (bicyclic) bond motifs is 4. The van der Waals surface area contributed by atoms with Crippen molar-refractivity contribution >= 4 is 60.0 Å². The number of aromatic nitrogens is 1. The number of rotatable bonds is 3. The predicted molar refractivity (Wildman–Crippen MR) is 161 cm³/mol. The normalized spacial score (nSPS) is 10.6. The average molecular weight is 558 g/mol.